The third kappa shape index (κ3) is 6.43. The van der Waals surface area contributed by atoms with Gasteiger partial charge in [-0.05, 0) is 45.9 Å². The molecule has 0 spiro atoms. The van der Waals surface area contributed by atoms with Crippen molar-refractivity contribution < 1.29 is 23.1 Å². The average Bonchev–Trinajstić information content (AvgIpc) is 2.37. The zero-order valence-corrected chi connectivity index (χ0v) is 13.7. The first-order valence-electron chi connectivity index (χ1n) is 6.68. The molecule has 122 valence electrons. The Morgan fingerprint density at radius 1 is 1.32 bits per heavy atom. The van der Waals surface area contributed by atoms with E-state index in [1.165, 1.54) is 6.92 Å². The lowest BCUT2D eigenvalue weighted by Crippen LogP contribution is -2.46. The summed E-state index contributed by atoms with van der Waals surface area (Å²) in [5.41, 5.74) is -0.433. The van der Waals surface area contributed by atoms with Crippen LogP contribution in [0, 0.1) is 11.6 Å². The van der Waals surface area contributed by atoms with Crippen molar-refractivity contribution in [2.45, 2.75) is 44.2 Å². The number of halogens is 2. The third-order valence-electron chi connectivity index (χ3n) is 2.41. The Kier molecular flexibility index (Phi) is 6.34. The van der Waals surface area contributed by atoms with Crippen LogP contribution in [0.3, 0.4) is 0 Å². The molecule has 0 saturated carbocycles. The van der Waals surface area contributed by atoms with Crippen molar-refractivity contribution in [2.24, 2.45) is 0 Å². The Morgan fingerprint density at radius 2 is 1.95 bits per heavy atom. The predicted molar refractivity (Wildman–Crippen MR) is 80.5 cm³/mol. The van der Waals surface area contributed by atoms with Crippen LogP contribution in [-0.4, -0.2) is 29.3 Å². The highest BCUT2D eigenvalue weighted by atomic mass is 32.2. The molecule has 4 nitrogen and oxygen atoms in total. The number of benzene rings is 1. The van der Waals surface area contributed by atoms with Gasteiger partial charge >= 0.3 is 5.97 Å². The minimum absolute atomic E-state index is 0.0174. The molecule has 0 radical (unpaired) electrons. The number of ether oxygens (including phenoxy) is 1. The van der Waals surface area contributed by atoms with Gasteiger partial charge in [-0.15, -0.1) is 11.8 Å². The number of nitrogens with one attached hydrogen (secondary N) is 1. The van der Waals surface area contributed by atoms with E-state index in [-0.39, 0.29) is 10.6 Å². The molecule has 0 heterocycles. The summed E-state index contributed by atoms with van der Waals surface area (Å²) >= 11 is 0.815. The number of thioether (sulfide) groups is 1. The minimum Gasteiger partial charge on any atom is -0.452 e. The molecule has 7 heteroatoms. The molecule has 0 aliphatic heterocycles. The smallest absolute Gasteiger partial charge is 0.317 e. The van der Waals surface area contributed by atoms with Gasteiger partial charge in [0.1, 0.15) is 11.6 Å². The molecule has 1 amide bonds. The van der Waals surface area contributed by atoms with Gasteiger partial charge in [0.25, 0.3) is 5.91 Å². The zero-order chi connectivity index (χ0) is 16.9. The highest BCUT2D eigenvalue weighted by molar-refractivity contribution is 8.00. The van der Waals surface area contributed by atoms with Crippen LogP contribution in [0.15, 0.2) is 23.1 Å². The average molecular weight is 331 g/mol. The molecule has 1 N–H and O–H groups in total. The quantitative estimate of drug-likeness (QED) is 0.666. The number of hydrogen-bond donors (Lipinski definition) is 1. The van der Waals surface area contributed by atoms with Crippen LogP contribution in [-0.2, 0) is 14.3 Å². The maximum absolute atomic E-state index is 13.4. The normalized spacial score (nSPS) is 12.6. The van der Waals surface area contributed by atoms with Gasteiger partial charge in [-0.25, -0.2) is 8.78 Å². The second-order valence-corrected chi connectivity index (χ2v) is 6.75. The number of amides is 1. The predicted octanol–water partition coefficient (Wildman–Crippen LogP) is 2.90. The summed E-state index contributed by atoms with van der Waals surface area (Å²) < 4.78 is 31.4. The summed E-state index contributed by atoms with van der Waals surface area (Å²) in [5.74, 6) is -2.51. The van der Waals surface area contributed by atoms with Crippen molar-refractivity contribution in [3.8, 4) is 0 Å². The molecular formula is C15H19F2NO3S. The Balaban J connectivity index is 2.49. The highest BCUT2D eigenvalue weighted by Crippen LogP contribution is 2.22. The van der Waals surface area contributed by atoms with Gasteiger partial charge in [0, 0.05) is 10.4 Å². The lowest BCUT2D eigenvalue weighted by atomic mass is 10.1. The number of esters is 1. The second kappa shape index (κ2) is 7.58. The van der Waals surface area contributed by atoms with E-state index in [1.807, 2.05) is 20.8 Å². The molecule has 1 aromatic carbocycles. The Labute approximate surface area is 132 Å². The number of hydrogen-bond acceptors (Lipinski definition) is 4. The first-order chi connectivity index (χ1) is 10.1. The van der Waals surface area contributed by atoms with Crippen molar-refractivity contribution in [2.75, 3.05) is 5.75 Å². The molecule has 0 fully saturated rings. The number of carbonyl (C=O) groups excluding carboxylic acids is 2. The summed E-state index contributed by atoms with van der Waals surface area (Å²) in [6, 6.07) is 2.99. The topological polar surface area (TPSA) is 55.4 Å². The van der Waals surface area contributed by atoms with Crippen molar-refractivity contribution in [1.82, 2.24) is 5.32 Å². The van der Waals surface area contributed by atoms with Gasteiger partial charge in [0.15, 0.2) is 6.10 Å². The van der Waals surface area contributed by atoms with Gasteiger partial charge in [0.2, 0.25) is 0 Å². The van der Waals surface area contributed by atoms with Crippen LogP contribution in [0.4, 0.5) is 8.78 Å². The largest absolute Gasteiger partial charge is 0.452 e. The van der Waals surface area contributed by atoms with Crippen LogP contribution < -0.4 is 5.32 Å². The van der Waals surface area contributed by atoms with E-state index >= 15 is 0 Å². The number of carbonyl (C=O) groups is 2. The fourth-order valence-corrected chi connectivity index (χ4v) is 2.22. The molecule has 0 unspecified atom stereocenters. The zero-order valence-electron chi connectivity index (χ0n) is 12.9. The SMILES string of the molecule is C[C@H](OC(=O)CSc1cc(F)ccc1F)C(=O)NC(C)(C)C. The summed E-state index contributed by atoms with van der Waals surface area (Å²) in [7, 11) is 0. The van der Waals surface area contributed by atoms with E-state index in [1.54, 1.807) is 0 Å². The fraction of sp³-hybridized carbons (Fsp3) is 0.467. The summed E-state index contributed by atoms with van der Waals surface area (Å²) in [4.78, 5) is 23.4. The summed E-state index contributed by atoms with van der Waals surface area (Å²) in [6.07, 6.45) is -0.954. The van der Waals surface area contributed by atoms with Gasteiger partial charge in [-0.2, -0.15) is 0 Å². The third-order valence-corrected chi connectivity index (χ3v) is 3.42. The highest BCUT2D eigenvalue weighted by Gasteiger charge is 2.22. The minimum atomic E-state index is -0.954. The lowest BCUT2D eigenvalue weighted by molar-refractivity contribution is -0.152. The van der Waals surface area contributed by atoms with Crippen LogP contribution in [0.2, 0.25) is 0 Å². The first-order valence-corrected chi connectivity index (χ1v) is 7.66. The van der Waals surface area contributed by atoms with Gasteiger partial charge < -0.3 is 10.1 Å². The monoisotopic (exact) mass is 331 g/mol. The molecule has 1 aromatic rings. The molecule has 0 aliphatic rings. The molecule has 1 rings (SSSR count). The standard InChI is InChI=1S/C15H19F2NO3S/c1-9(14(20)18-15(2,3)4)21-13(19)8-22-12-7-10(16)5-6-11(12)17/h5-7,9H,8H2,1-4H3,(H,18,20)/t9-/m0/s1. The van der Waals surface area contributed by atoms with Crippen LogP contribution in [0.25, 0.3) is 0 Å². The van der Waals surface area contributed by atoms with E-state index in [0.717, 1.165) is 30.0 Å². The Morgan fingerprint density at radius 3 is 2.55 bits per heavy atom. The lowest BCUT2D eigenvalue weighted by Gasteiger charge is -2.23. The Hall–Kier alpha value is -1.63. The van der Waals surface area contributed by atoms with Crippen molar-refractivity contribution in [3.05, 3.63) is 29.8 Å². The molecule has 0 aliphatic carbocycles. The number of rotatable bonds is 5. The summed E-state index contributed by atoms with van der Waals surface area (Å²) in [5, 5.41) is 2.68. The van der Waals surface area contributed by atoms with Crippen LogP contribution in [0.5, 0.6) is 0 Å². The van der Waals surface area contributed by atoms with E-state index in [4.69, 9.17) is 4.74 Å². The van der Waals surface area contributed by atoms with Gasteiger partial charge in [0.05, 0.1) is 5.75 Å². The molecule has 22 heavy (non-hydrogen) atoms. The van der Waals surface area contributed by atoms with Crippen molar-refractivity contribution in [1.29, 1.82) is 0 Å². The second-order valence-electron chi connectivity index (χ2n) is 5.73. The molecule has 1 atom stereocenters. The van der Waals surface area contributed by atoms with Crippen LogP contribution >= 0.6 is 11.8 Å². The first kappa shape index (κ1) is 18.4. The summed E-state index contributed by atoms with van der Waals surface area (Å²) in [6.45, 7) is 6.87. The van der Waals surface area contributed by atoms with Gasteiger partial charge in [-0.1, -0.05) is 0 Å². The molecule has 0 saturated heterocycles. The van der Waals surface area contributed by atoms with Gasteiger partial charge in [-0.3, -0.25) is 9.59 Å². The Bertz CT molecular complexity index is 558. The van der Waals surface area contributed by atoms with Crippen molar-refractivity contribution >= 4 is 23.6 Å². The maximum atomic E-state index is 13.4. The molecule has 0 bridgehead atoms. The van der Waals surface area contributed by atoms with E-state index in [2.05, 4.69) is 5.32 Å². The molecular weight excluding hydrogens is 312 g/mol. The van der Waals surface area contributed by atoms with Crippen LogP contribution in [0.1, 0.15) is 27.7 Å². The van der Waals surface area contributed by atoms with E-state index in [9.17, 15) is 18.4 Å². The van der Waals surface area contributed by atoms with E-state index < -0.39 is 35.2 Å². The fourth-order valence-electron chi connectivity index (χ4n) is 1.48. The van der Waals surface area contributed by atoms with Crippen molar-refractivity contribution in [3.63, 3.8) is 0 Å². The maximum Gasteiger partial charge on any atom is 0.317 e. The molecule has 0 aromatic heterocycles. The van der Waals surface area contributed by atoms with E-state index in [0.29, 0.717) is 0 Å².